The Kier molecular flexibility index (Phi) is 6.22. The Morgan fingerprint density at radius 3 is 2.72 bits per heavy atom. The third kappa shape index (κ3) is 4.60. The third-order valence-corrected chi connectivity index (χ3v) is 4.47. The number of aromatic nitrogens is 4. The monoisotopic (exact) mass is 402 g/mol. The van der Waals surface area contributed by atoms with Crippen LogP contribution >= 0.6 is 12.4 Å². The molecule has 0 aliphatic rings. The highest BCUT2D eigenvalue weighted by atomic mass is 35.5. The van der Waals surface area contributed by atoms with Gasteiger partial charge in [-0.2, -0.15) is 10.4 Å². The summed E-state index contributed by atoms with van der Waals surface area (Å²) >= 11 is 0. The minimum absolute atomic E-state index is 0. The fourth-order valence-electron chi connectivity index (χ4n) is 3.05. The second-order valence-electron chi connectivity index (χ2n) is 6.44. The summed E-state index contributed by atoms with van der Waals surface area (Å²) in [5.41, 5.74) is 6.66. The Bertz CT molecular complexity index is 1150. The molecule has 144 valence electrons. The Hall–Kier alpha value is -3.69. The summed E-state index contributed by atoms with van der Waals surface area (Å²) in [6.45, 7) is 2.59. The molecule has 29 heavy (non-hydrogen) atoms. The van der Waals surface area contributed by atoms with Crippen LogP contribution in [0.3, 0.4) is 0 Å². The molecule has 0 amide bonds. The van der Waals surface area contributed by atoms with Crippen LogP contribution in [0, 0.1) is 18.3 Å². The molecule has 3 heterocycles. The van der Waals surface area contributed by atoms with Crippen molar-refractivity contribution in [3.05, 3.63) is 83.9 Å². The highest BCUT2D eigenvalue weighted by Crippen LogP contribution is 2.26. The van der Waals surface area contributed by atoms with Gasteiger partial charge in [0.05, 0.1) is 29.6 Å². The SMILES string of the molecule is Cc1cc(C#N)ccc1-c1ccnc(NCc2cc(-c3cccnc3)n[nH]2)c1.Cl. The van der Waals surface area contributed by atoms with E-state index in [1.807, 2.05) is 55.5 Å². The zero-order chi connectivity index (χ0) is 19.3. The molecule has 0 radical (unpaired) electrons. The van der Waals surface area contributed by atoms with Gasteiger partial charge in [0.25, 0.3) is 0 Å². The van der Waals surface area contributed by atoms with E-state index in [2.05, 4.69) is 31.6 Å². The van der Waals surface area contributed by atoms with Crippen molar-refractivity contribution in [1.82, 2.24) is 20.2 Å². The first kappa shape index (κ1) is 20.1. The lowest BCUT2D eigenvalue weighted by atomic mass is 9.99. The maximum Gasteiger partial charge on any atom is 0.126 e. The van der Waals surface area contributed by atoms with Gasteiger partial charge in [-0.25, -0.2) is 4.98 Å². The number of rotatable bonds is 5. The number of nitrogens with one attached hydrogen (secondary N) is 2. The van der Waals surface area contributed by atoms with Crippen LogP contribution in [0.25, 0.3) is 22.4 Å². The topological polar surface area (TPSA) is 90.3 Å². The zero-order valence-electron chi connectivity index (χ0n) is 15.8. The number of aromatic amines is 1. The van der Waals surface area contributed by atoms with Gasteiger partial charge < -0.3 is 5.32 Å². The van der Waals surface area contributed by atoms with Crippen molar-refractivity contribution >= 4 is 18.2 Å². The van der Waals surface area contributed by atoms with Crippen LogP contribution in [0.5, 0.6) is 0 Å². The Balaban J connectivity index is 0.00000240. The predicted octanol–water partition coefficient (Wildman–Crippen LogP) is 4.75. The van der Waals surface area contributed by atoms with Gasteiger partial charge >= 0.3 is 0 Å². The average molecular weight is 403 g/mol. The van der Waals surface area contributed by atoms with E-state index in [0.29, 0.717) is 12.1 Å². The lowest BCUT2D eigenvalue weighted by molar-refractivity contribution is 0.976. The van der Waals surface area contributed by atoms with E-state index in [1.165, 1.54) is 0 Å². The van der Waals surface area contributed by atoms with Gasteiger partial charge in [-0.05, 0) is 66.1 Å². The van der Waals surface area contributed by atoms with E-state index < -0.39 is 0 Å². The van der Waals surface area contributed by atoms with E-state index in [4.69, 9.17) is 5.26 Å². The smallest absolute Gasteiger partial charge is 0.126 e. The van der Waals surface area contributed by atoms with Crippen LogP contribution in [0.4, 0.5) is 5.82 Å². The van der Waals surface area contributed by atoms with Crippen LogP contribution < -0.4 is 5.32 Å². The van der Waals surface area contributed by atoms with Gasteiger partial charge in [0.2, 0.25) is 0 Å². The van der Waals surface area contributed by atoms with Gasteiger partial charge in [0.1, 0.15) is 5.82 Å². The van der Waals surface area contributed by atoms with Crippen molar-refractivity contribution < 1.29 is 0 Å². The van der Waals surface area contributed by atoms with Gasteiger partial charge in [0, 0.05) is 24.2 Å². The molecule has 0 bridgehead atoms. The minimum Gasteiger partial charge on any atom is -0.364 e. The normalized spacial score (nSPS) is 10.1. The number of aryl methyl sites for hydroxylation is 1. The molecule has 0 spiro atoms. The van der Waals surface area contributed by atoms with E-state index in [1.54, 1.807) is 18.6 Å². The van der Waals surface area contributed by atoms with Gasteiger partial charge in [-0.15, -0.1) is 12.4 Å². The molecule has 0 aliphatic heterocycles. The van der Waals surface area contributed by atoms with Crippen molar-refractivity contribution in [2.45, 2.75) is 13.5 Å². The first-order valence-electron chi connectivity index (χ1n) is 8.88. The maximum absolute atomic E-state index is 9.04. The number of nitriles is 1. The molecule has 0 saturated heterocycles. The van der Waals surface area contributed by atoms with Crippen molar-refractivity contribution in [3.8, 4) is 28.5 Å². The van der Waals surface area contributed by atoms with Crippen LogP contribution in [-0.4, -0.2) is 20.2 Å². The largest absolute Gasteiger partial charge is 0.364 e. The molecule has 4 rings (SSSR count). The van der Waals surface area contributed by atoms with Crippen LogP contribution in [-0.2, 0) is 6.54 Å². The fourth-order valence-corrected chi connectivity index (χ4v) is 3.05. The van der Waals surface area contributed by atoms with Crippen LogP contribution in [0.2, 0.25) is 0 Å². The number of hydrogen-bond acceptors (Lipinski definition) is 5. The van der Waals surface area contributed by atoms with Crippen molar-refractivity contribution in [2.24, 2.45) is 0 Å². The number of pyridine rings is 2. The van der Waals surface area contributed by atoms with E-state index in [0.717, 1.165) is 39.5 Å². The molecule has 0 fully saturated rings. The highest BCUT2D eigenvalue weighted by Gasteiger charge is 2.07. The summed E-state index contributed by atoms with van der Waals surface area (Å²) in [7, 11) is 0. The molecular weight excluding hydrogens is 384 g/mol. The van der Waals surface area contributed by atoms with E-state index in [9.17, 15) is 0 Å². The number of anilines is 1. The summed E-state index contributed by atoms with van der Waals surface area (Å²) in [4.78, 5) is 8.52. The summed E-state index contributed by atoms with van der Waals surface area (Å²) in [6, 6.07) is 17.7. The molecule has 0 aliphatic carbocycles. The number of nitrogens with zero attached hydrogens (tertiary/aromatic N) is 4. The molecule has 1 aromatic carbocycles. The first-order valence-corrected chi connectivity index (χ1v) is 8.88. The minimum atomic E-state index is 0. The summed E-state index contributed by atoms with van der Waals surface area (Å²) in [5.74, 6) is 0.777. The average Bonchev–Trinajstić information content (AvgIpc) is 3.22. The molecule has 4 aromatic rings. The molecule has 0 atom stereocenters. The Morgan fingerprint density at radius 1 is 1.07 bits per heavy atom. The molecular formula is C22H19ClN6. The number of H-pyrrole nitrogens is 1. The highest BCUT2D eigenvalue weighted by molar-refractivity contribution is 5.85. The molecule has 7 heteroatoms. The van der Waals surface area contributed by atoms with Crippen molar-refractivity contribution in [3.63, 3.8) is 0 Å². The van der Waals surface area contributed by atoms with Gasteiger partial charge in [0.15, 0.2) is 0 Å². The molecule has 2 N–H and O–H groups in total. The standard InChI is InChI=1S/C22H18N6.ClH/c1-15-9-16(12-23)4-5-20(15)17-6-8-25-22(10-17)26-14-19-11-21(28-27-19)18-3-2-7-24-13-18;/h2-11,13H,14H2,1H3,(H,25,26)(H,27,28);1H. The summed E-state index contributed by atoms with van der Waals surface area (Å²) < 4.78 is 0. The zero-order valence-corrected chi connectivity index (χ0v) is 16.6. The van der Waals surface area contributed by atoms with Gasteiger partial charge in [-0.3, -0.25) is 10.1 Å². The van der Waals surface area contributed by atoms with Crippen molar-refractivity contribution in [1.29, 1.82) is 5.26 Å². The van der Waals surface area contributed by atoms with Gasteiger partial charge in [-0.1, -0.05) is 6.07 Å². The quantitative estimate of drug-likeness (QED) is 0.502. The number of benzene rings is 1. The predicted molar refractivity (Wildman–Crippen MR) is 116 cm³/mol. The summed E-state index contributed by atoms with van der Waals surface area (Å²) in [5, 5.41) is 19.8. The van der Waals surface area contributed by atoms with Crippen molar-refractivity contribution in [2.75, 3.05) is 5.32 Å². The van der Waals surface area contributed by atoms with E-state index >= 15 is 0 Å². The molecule has 0 saturated carbocycles. The Morgan fingerprint density at radius 2 is 1.97 bits per heavy atom. The molecule has 0 unspecified atom stereocenters. The summed E-state index contributed by atoms with van der Waals surface area (Å²) in [6.07, 6.45) is 5.31. The van der Waals surface area contributed by atoms with Crippen LogP contribution in [0.1, 0.15) is 16.8 Å². The lowest BCUT2D eigenvalue weighted by Gasteiger charge is -2.09. The molecule has 3 aromatic heterocycles. The lowest BCUT2D eigenvalue weighted by Crippen LogP contribution is -2.01. The third-order valence-electron chi connectivity index (χ3n) is 4.47. The number of halogens is 1. The van der Waals surface area contributed by atoms with E-state index in [-0.39, 0.29) is 12.4 Å². The first-order chi connectivity index (χ1) is 13.7. The molecule has 6 nitrogen and oxygen atoms in total. The number of hydrogen-bond donors (Lipinski definition) is 2. The van der Waals surface area contributed by atoms with Crippen LogP contribution in [0.15, 0.2) is 67.1 Å². The Labute approximate surface area is 175 Å². The second kappa shape index (κ2) is 9.00. The maximum atomic E-state index is 9.04. The fraction of sp³-hybridized carbons (Fsp3) is 0.0909. The second-order valence-corrected chi connectivity index (χ2v) is 6.44.